The van der Waals surface area contributed by atoms with E-state index in [2.05, 4.69) is 145 Å². The van der Waals surface area contributed by atoms with E-state index in [9.17, 15) is 10.5 Å². The van der Waals surface area contributed by atoms with Crippen molar-refractivity contribution in [3.05, 3.63) is 168 Å². The summed E-state index contributed by atoms with van der Waals surface area (Å²) in [6, 6.07) is 47.8. The molecule has 238 valence electrons. The first-order valence-corrected chi connectivity index (χ1v) is 17.0. The van der Waals surface area contributed by atoms with Crippen LogP contribution in [0.2, 0.25) is 0 Å². The summed E-state index contributed by atoms with van der Waals surface area (Å²) in [6.07, 6.45) is 6.83. The average molecular weight is 651 g/mol. The molecule has 4 nitrogen and oxygen atoms in total. The van der Waals surface area contributed by atoms with Crippen LogP contribution in [0.25, 0.3) is 77.2 Å². The summed E-state index contributed by atoms with van der Waals surface area (Å²) in [5, 5.41) is 23.8. The van der Waals surface area contributed by atoms with Crippen molar-refractivity contribution in [2.75, 3.05) is 0 Å². The van der Waals surface area contributed by atoms with Gasteiger partial charge in [-0.1, -0.05) is 98.8 Å². The highest BCUT2D eigenvalue weighted by Crippen LogP contribution is 2.53. The van der Waals surface area contributed by atoms with Gasteiger partial charge in [0.05, 0.1) is 11.1 Å². The first-order chi connectivity index (χ1) is 24.9. The predicted molar refractivity (Wildman–Crippen MR) is 206 cm³/mol. The number of aromatic nitrogens is 2. The highest BCUT2D eigenvalue weighted by molar-refractivity contribution is 6.22. The van der Waals surface area contributed by atoms with Crippen LogP contribution < -0.4 is 0 Å². The first kappa shape index (κ1) is 30.2. The Hall–Kier alpha value is -6.88. The zero-order chi connectivity index (χ0) is 34.7. The van der Waals surface area contributed by atoms with E-state index in [1.807, 2.05) is 24.5 Å². The maximum Gasteiger partial charge on any atom is 0.101 e. The second kappa shape index (κ2) is 11.6. The maximum absolute atomic E-state index is 9.58. The smallest absolute Gasteiger partial charge is 0.101 e. The van der Waals surface area contributed by atoms with E-state index in [-0.39, 0.29) is 5.41 Å². The van der Waals surface area contributed by atoms with Crippen molar-refractivity contribution in [1.29, 1.82) is 10.5 Å². The number of nitrogens with zero attached hydrogens (tertiary/aromatic N) is 4. The summed E-state index contributed by atoms with van der Waals surface area (Å²) in [5.74, 6) is 0. The third-order valence-corrected chi connectivity index (χ3v) is 10.4. The third-order valence-electron chi connectivity index (χ3n) is 10.4. The molecule has 0 fully saturated rings. The Labute approximate surface area is 296 Å². The Bertz CT molecular complexity index is 2810. The summed E-state index contributed by atoms with van der Waals surface area (Å²) in [4.78, 5) is 8.70. The van der Waals surface area contributed by atoms with Gasteiger partial charge in [-0.3, -0.25) is 9.97 Å². The van der Waals surface area contributed by atoms with Gasteiger partial charge in [0.15, 0.2) is 0 Å². The van der Waals surface area contributed by atoms with E-state index in [0.29, 0.717) is 11.1 Å². The summed E-state index contributed by atoms with van der Waals surface area (Å²) in [6.45, 7) is 4.65. The minimum atomic E-state index is -0.173. The molecular weight excluding hydrogens is 621 g/mol. The van der Waals surface area contributed by atoms with Crippen LogP contribution in [0.1, 0.15) is 36.1 Å². The van der Waals surface area contributed by atoms with Crippen molar-refractivity contribution in [2.24, 2.45) is 0 Å². The van der Waals surface area contributed by atoms with Gasteiger partial charge in [0.25, 0.3) is 0 Å². The van der Waals surface area contributed by atoms with E-state index in [0.717, 1.165) is 44.2 Å². The Balaban J connectivity index is 1.38. The van der Waals surface area contributed by atoms with Gasteiger partial charge in [-0.2, -0.15) is 10.5 Å². The second-order valence-corrected chi connectivity index (χ2v) is 13.7. The fourth-order valence-electron chi connectivity index (χ4n) is 8.02. The molecule has 0 N–H and O–H groups in total. The lowest BCUT2D eigenvalue weighted by Gasteiger charge is -2.24. The van der Waals surface area contributed by atoms with Crippen molar-refractivity contribution in [1.82, 2.24) is 9.97 Å². The zero-order valence-electron chi connectivity index (χ0n) is 28.1. The van der Waals surface area contributed by atoms with E-state index in [1.165, 1.54) is 44.2 Å². The molecule has 0 saturated carbocycles. The molecule has 4 heteroatoms. The zero-order valence-corrected chi connectivity index (χ0v) is 28.1. The highest BCUT2D eigenvalue weighted by atomic mass is 14.6. The van der Waals surface area contributed by atoms with E-state index < -0.39 is 0 Å². The number of hydrogen-bond acceptors (Lipinski definition) is 4. The van der Waals surface area contributed by atoms with Gasteiger partial charge < -0.3 is 0 Å². The molecule has 1 aliphatic carbocycles. The molecule has 0 aliphatic heterocycles. The average Bonchev–Trinajstić information content (AvgIpc) is 3.41. The van der Waals surface area contributed by atoms with Crippen molar-refractivity contribution < 1.29 is 0 Å². The summed E-state index contributed by atoms with van der Waals surface area (Å²) >= 11 is 0. The topological polar surface area (TPSA) is 73.4 Å². The molecule has 51 heavy (non-hydrogen) atoms. The molecule has 0 amide bonds. The lowest BCUT2D eigenvalue weighted by atomic mass is 9.79. The summed E-state index contributed by atoms with van der Waals surface area (Å²) in [5.41, 5.74) is 14.5. The van der Waals surface area contributed by atoms with E-state index >= 15 is 0 Å². The summed E-state index contributed by atoms with van der Waals surface area (Å²) < 4.78 is 0. The van der Waals surface area contributed by atoms with Gasteiger partial charge in [0, 0.05) is 41.3 Å². The van der Waals surface area contributed by atoms with E-state index in [4.69, 9.17) is 0 Å². The molecule has 0 spiro atoms. The monoisotopic (exact) mass is 650 g/mol. The molecule has 8 aromatic rings. The van der Waals surface area contributed by atoms with Crippen LogP contribution in [-0.4, -0.2) is 9.97 Å². The number of rotatable bonds is 4. The molecule has 0 unspecified atom stereocenters. The Morgan fingerprint density at radius 2 is 0.941 bits per heavy atom. The lowest BCUT2D eigenvalue weighted by Crippen LogP contribution is -2.14. The third kappa shape index (κ3) is 4.81. The van der Waals surface area contributed by atoms with Gasteiger partial charge in [0.1, 0.15) is 12.1 Å². The molecule has 2 aromatic heterocycles. The van der Waals surface area contributed by atoms with Crippen molar-refractivity contribution >= 4 is 21.5 Å². The SMILES string of the molecule is CC1(C)c2ccccc2-c2cc3c(-c4cccc(-c5cncc(C#N)c5)c4)c4ccccc4c(-c4cccc(-c5cncc(C#N)c5)c4)c3cc21. The van der Waals surface area contributed by atoms with Crippen LogP contribution in [0.5, 0.6) is 0 Å². The van der Waals surface area contributed by atoms with Gasteiger partial charge in [-0.15, -0.1) is 0 Å². The van der Waals surface area contributed by atoms with Crippen molar-refractivity contribution in [3.8, 4) is 67.8 Å². The van der Waals surface area contributed by atoms with Gasteiger partial charge in [0.2, 0.25) is 0 Å². The molecular formula is C47H30N4. The Morgan fingerprint density at radius 1 is 0.431 bits per heavy atom. The van der Waals surface area contributed by atoms with E-state index in [1.54, 1.807) is 12.4 Å². The largest absolute Gasteiger partial charge is 0.263 e. The molecule has 0 radical (unpaired) electrons. The number of fused-ring (bicyclic) bond motifs is 5. The molecule has 0 saturated heterocycles. The van der Waals surface area contributed by atoms with Crippen LogP contribution >= 0.6 is 0 Å². The number of hydrogen-bond donors (Lipinski definition) is 0. The molecule has 0 bridgehead atoms. The number of nitriles is 2. The van der Waals surface area contributed by atoms with Crippen LogP contribution in [0.3, 0.4) is 0 Å². The Kier molecular flexibility index (Phi) is 6.88. The molecule has 2 heterocycles. The fraction of sp³-hybridized carbons (Fsp3) is 0.0638. The highest BCUT2D eigenvalue weighted by Gasteiger charge is 2.36. The number of benzene rings is 6. The minimum absolute atomic E-state index is 0.173. The fourth-order valence-corrected chi connectivity index (χ4v) is 8.02. The van der Waals surface area contributed by atoms with Crippen LogP contribution in [0.4, 0.5) is 0 Å². The van der Waals surface area contributed by atoms with Crippen molar-refractivity contribution in [3.63, 3.8) is 0 Å². The second-order valence-electron chi connectivity index (χ2n) is 13.7. The molecule has 9 rings (SSSR count). The van der Waals surface area contributed by atoms with Gasteiger partial charge in [-0.05, 0) is 114 Å². The molecule has 1 aliphatic rings. The number of pyridine rings is 2. The Morgan fingerprint density at radius 3 is 1.51 bits per heavy atom. The van der Waals surface area contributed by atoms with Gasteiger partial charge in [-0.25, -0.2) is 0 Å². The van der Waals surface area contributed by atoms with Crippen LogP contribution in [0, 0.1) is 22.7 Å². The minimum Gasteiger partial charge on any atom is -0.263 e. The maximum atomic E-state index is 9.58. The molecule has 0 atom stereocenters. The lowest BCUT2D eigenvalue weighted by molar-refractivity contribution is 0.661. The molecule has 6 aromatic carbocycles. The van der Waals surface area contributed by atoms with Crippen LogP contribution in [0.15, 0.2) is 146 Å². The quantitative estimate of drug-likeness (QED) is 0.178. The first-order valence-electron chi connectivity index (χ1n) is 17.0. The van der Waals surface area contributed by atoms with Crippen molar-refractivity contribution in [2.45, 2.75) is 19.3 Å². The summed E-state index contributed by atoms with van der Waals surface area (Å²) in [7, 11) is 0. The standard InChI is InChI=1S/C47H30N4/c1-47(2)43-16-6-5-13-37(43)40-21-41-42(22-44(40)47)46(34-12-8-10-32(20-34)36-18-30(24-49)26-51-28-36)39-15-4-3-14-38(39)45(41)33-11-7-9-31(19-33)35-17-29(23-48)25-50-27-35/h3-22,25-28H,1-2H3. The predicted octanol–water partition coefficient (Wildman–Crippen LogP) is 11.5. The van der Waals surface area contributed by atoms with Crippen LogP contribution in [-0.2, 0) is 5.41 Å². The van der Waals surface area contributed by atoms with Gasteiger partial charge >= 0.3 is 0 Å². The normalized spacial score (nSPS) is 12.6.